The Morgan fingerprint density at radius 3 is 2.25 bits per heavy atom. The lowest BCUT2D eigenvalue weighted by atomic mass is 11.0. The van der Waals surface area contributed by atoms with Gasteiger partial charge >= 0.3 is 0 Å². The van der Waals surface area contributed by atoms with Gasteiger partial charge in [0.1, 0.15) is 0 Å². The molecule has 0 atom stereocenters. The van der Waals surface area contributed by atoms with Gasteiger partial charge in [0.2, 0.25) is 0 Å². The second-order valence-corrected chi connectivity index (χ2v) is 1.44. The normalized spacial score (nSPS) is 19.5. The molecule has 0 aliphatic carbocycles. The van der Waals surface area contributed by atoms with Crippen molar-refractivity contribution in [3.63, 3.8) is 0 Å². The first kappa shape index (κ1) is 2.14. The quantitative estimate of drug-likeness (QED) is 0.283. The lowest BCUT2D eigenvalue weighted by Crippen LogP contribution is -1.69. The highest BCUT2D eigenvalue weighted by Gasteiger charge is 2.00. The molecule has 1 rings (SSSR count). The van der Waals surface area contributed by atoms with Crippen molar-refractivity contribution in [3.8, 4) is 0 Å². The van der Waals surface area contributed by atoms with Gasteiger partial charge < -0.3 is 5.32 Å². The molecule has 1 fully saturated rings. The van der Waals surface area contributed by atoms with Gasteiger partial charge in [0, 0.05) is 11.8 Å². The molecule has 0 amide bonds. The van der Waals surface area contributed by atoms with Gasteiger partial charge in [-0.3, -0.25) is 0 Å². The molecule has 20 valence electrons. The molecule has 1 nitrogen and oxygen atoms in total. The van der Waals surface area contributed by atoms with Crippen LogP contribution in [-0.4, -0.2) is 21.7 Å². The molecule has 0 aromatic rings. The Bertz CT molecular complexity index is 44.0. The fraction of sp³-hybridized carbons (Fsp3) is 0.500. The van der Waals surface area contributed by atoms with E-state index in [0.717, 1.165) is 6.54 Å². The lowest BCUT2D eigenvalue weighted by Gasteiger charge is -1.37. The molecule has 4 heavy (non-hydrogen) atoms. The van der Waals surface area contributed by atoms with Gasteiger partial charge in [0.25, 0.3) is 0 Å². The molecule has 0 aromatic carbocycles. The van der Waals surface area contributed by atoms with E-state index in [1.807, 2.05) is 0 Å². The maximum atomic E-state index is 3.23. The largest absolute Gasteiger partial charge is 0.386 e. The third-order valence-electron chi connectivity index (χ3n) is 0.354. The van der Waals surface area contributed by atoms with E-state index in [2.05, 4.69) is 15.2 Å². The van der Waals surface area contributed by atoms with Crippen molar-refractivity contribution >= 4 is 15.1 Å². The van der Waals surface area contributed by atoms with E-state index in [-0.39, 0.29) is 0 Å². The van der Waals surface area contributed by atoms with Crippen LogP contribution in [0.25, 0.3) is 0 Å². The van der Waals surface area contributed by atoms with Crippen molar-refractivity contribution in [1.29, 1.82) is 0 Å². The first-order valence-electron chi connectivity index (χ1n) is 1.21. The Balaban J connectivity index is 2.60. The third kappa shape index (κ3) is 0.178. The minimum atomic E-state index is 1.07. The van der Waals surface area contributed by atoms with Gasteiger partial charge in [-0.15, -0.1) is 0 Å². The van der Waals surface area contributed by atoms with Crippen LogP contribution < -0.4 is 5.32 Å². The summed E-state index contributed by atoms with van der Waals surface area (Å²) in [5.41, 5.74) is 0. The molecular weight excluding hydrogens is 66.1 g/mol. The molecule has 1 aliphatic rings. The molecule has 1 N–H and O–H groups in total. The maximum absolute atomic E-state index is 3.23. The Kier molecular flexibility index (Phi) is 0.231. The SMILES string of the molecule is [Si]=C1CN1. The summed E-state index contributed by atoms with van der Waals surface area (Å²) in [5.74, 6) is 0. The molecule has 0 aromatic heterocycles. The van der Waals surface area contributed by atoms with Crippen molar-refractivity contribution < 1.29 is 0 Å². The Labute approximate surface area is 28.1 Å². The lowest BCUT2D eigenvalue weighted by molar-refractivity contribution is 1.41. The van der Waals surface area contributed by atoms with Crippen LogP contribution in [0, 0.1) is 0 Å². The van der Waals surface area contributed by atoms with E-state index in [0.29, 0.717) is 0 Å². The highest BCUT2D eigenvalue weighted by Crippen LogP contribution is 1.71. The second-order valence-electron chi connectivity index (χ2n) is 0.832. The van der Waals surface area contributed by atoms with Crippen LogP contribution in [0.1, 0.15) is 0 Å². The van der Waals surface area contributed by atoms with Gasteiger partial charge in [-0.05, 0) is 0 Å². The summed E-state index contributed by atoms with van der Waals surface area (Å²) in [6, 6.07) is 0. The fourth-order valence-corrected chi connectivity index (χ4v) is 0.133. The maximum Gasteiger partial charge on any atom is 0.0605 e. The van der Waals surface area contributed by atoms with Crippen LogP contribution >= 0.6 is 0 Å². The first-order chi connectivity index (χ1) is 1.89. The average molecular weight is 69.1 g/mol. The summed E-state index contributed by atoms with van der Waals surface area (Å²) in [4.78, 5) is 0. The highest BCUT2D eigenvalue weighted by molar-refractivity contribution is 6.43. The smallest absolute Gasteiger partial charge is 0.0605 e. The van der Waals surface area contributed by atoms with E-state index in [4.69, 9.17) is 0 Å². The van der Waals surface area contributed by atoms with Crippen LogP contribution in [0.3, 0.4) is 0 Å². The summed E-state index contributed by atoms with van der Waals surface area (Å²) in [5, 5.41) is 4.15. The summed E-state index contributed by atoms with van der Waals surface area (Å²) in [6.45, 7) is 1.07. The molecule has 0 unspecified atom stereocenters. The predicted molar refractivity (Wildman–Crippen MR) is 18.8 cm³/mol. The van der Waals surface area contributed by atoms with Crippen molar-refractivity contribution in [2.45, 2.75) is 0 Å². The highest BCUT2D eigenvalue weighted by atomic mass is 28.1. The van der Waals surface area contributed by atoms with Gasteiger partial charge in [-0.1, -0.05) is 0 Å². The molecule has 1 aliphatic heterocycles. The van der Waals surface area contributed by atoms with E-state index < -0.39 is 0 Å². The van der Waals surface area contributed by atoms with Crippen LogP contribution in [0.5, 0.6) is 0 Å². The number of hydrogen-bond donors (Lipinski definition) is 1. The topological polar surface area (TPSA) is 21.9 Å². The van der Waals surface area contributed by atoms with E-state index in [1.165, 1.54) is 5.29 Å². The number of nitrogens with one attached hydrogen (secondary N) is 1. The second kappa shape index (κ2) is 0.430. The summed E-state index contributed by atoms with van der Waals surface area (Å²) >= 11 is 0. The molecule has 1 heterocycles. The van der Waals surface area contributed by atoms with Gasteiger partial charge in [-0.25, -0.2) is 0 Å². The Morgan fingerprint density at radius 2 is 2.25 bits per heavy atom. The molecule has 0 saturated carbocycles. The number of rotatable bonds is 0. The molecule has 0 spiro atoms. The van der Waals surface area contributed by atoms with Crippen LogP contribution in [0.15, 0.2) is 0 Å². The molecule has 0 bridgehead atoms. The Hall–Kier alpha value is -0.113. The first-order valence-corrected chi connectivity index (χ1v) is 1.71. The standard InChI is InChI=1S/C2H3NSi/c4-2-1-3-2/h3H,1H2. The van der Waals surface area contributed by atoms with Gasteiger partial charge in [0.05, 0.1) is 9.85 Å². The van der Waals surface area contributed by atoms with Crippen LogP contribution in [0.4, 0.5) is 0 Å². The van der Waals surface area contributed by atoms with Crippen molar-refractivity contribution in [2.24, 2.45) is 0 Å². The molecular formula is C2H3NSi. The zero-order chi connectivity index (χ0) is 2.99. The number of hydrogen-bond acceptors (Lipinski definition) is 1. The minimum absolute atomic E-state index is 1.07. The molecule has 2 heteroatoms. The monoisotopic (exact) mass is 69.0 g/mol. The average Bonchev–Trinajstić information content (AvgIpc) is 1.75. The van der Waals surface area contributed by atoms with Gasteiger partial charge in [-0.2, -0.15) is 0 Å². The predicted octanol–water partition coefficient (Wildman–Crippen LogP) is -1.11. The Morgan fingerprint density at radius 1 is 2.00 bits per heavy atom. The van der Waals surface area contributed by atoms with Crippen molar-refractivity contribution in [1.82, 2.24) is 5.32 Å². The molecule has 1 saturated heterocycles. The fourth-order valence-electron chi connectivity index (χ4n) is 0.0442. The van der Waals surface area contributed by atoms with Crippen molar-refractivity contribution in [3.05, 3.63) is 0 Å². The summed E-state index contributed by atoms with van der Waals surface area (Å²) in [6.07, 6.45) is 0. The van der Waals surface area contributed by atoms with E-state index in [1.54, 1.807) is 0 Å². The van der Waals surface area contributed by atoms with Crippen LogP contribution in [0.2, 0.25) is 0 Å². The minimum Gasteiger partial charge on any atom is -0.386 e. The zero-order valence-corrected chi connectivity index (χ0v) is 3.21. The summed E-state index contributed by atoms with van der Waals surface area (Å²) in [7, 11) is 3.23. The van der Waals surface area contributed by atoms with Crippen molar-refractivity contribution in [2.75, 3.05) is 6.54 Å². The summed E-state index contributed by atoms with van der Waals surface area (Å²) < 4.78 is 0. The van der Waals surface area contributed by atoms with Gasteiger partial charge in [0.15, 0.2) is 0 Å². The third-order valence-corrected chi connectivity index (χ3v) is 0.707. The van der Waals surface area contributed by atoms with Crippen LogP contribution in [-0.2, 0) is 0 Å². The zero-order valence-electron chi connectivity index (χ0n) is 2.21. The molecule has 2 radical (unpaired) electrons. The van der Waals surface area contributed by atoms with E-state index in [9.17, 15) is 0 Å². The van der Waals surface area contributed by atoms with E-state index >= 15 is 0 Å².